The van der Waals surface area contributed by atoms with Crippen LogP contribution in [0.15, 0.2) is 24.3 Å². The molecule has 32 heavy (non-hydrogen) atoms. The molecule has 2 aromatic rings. The summed E-state index contributed by atoms with van der Waals surface area (Å²) >= 11 is 0. The summed E-state index contributed by atoms with van der Waals surface area (Å²) < 4.78 is 61.3. The van der Waals surface area contributed by atoms with Crippen molar-refractivity contribution in [1.82, 2.24) is 9.97 Å². The fraction of sp³-hybridized carbons (Fsp3) is 0.565. The van der Waals surface area contributed by atoms with E-state index in [1.165, 1.54) is 0 Å². The predicted molar refractivity (Wildman–Crippen MR) is 110 cm³/mol. The molecule has 0 radical (unpaired) electrons. The zero-order valence-electron chi connectivity index (χ0n) is 17.5. The van der Waals surface area contributed by atoms with Gasteiger partial charge in [0.2, 0.25) is 11.9 Å². The van der Waals surface area contributed by atoms with E-state index < -0.39 is 17.4 Å². The summed E-state index contributed by atoms with van der Waals surface area (Å²) in [7, 11) is 0. The molecule has 1 atom stereocenters. The average Bonchev–Trinajstić information content (AvgIpc) is 2.98. The Morgan fingerprint density at radius 2 is 1.75 bits per heavy atom. The van der Waals surface area contributed by atoms with Crippen LogP contribution in [0.5, 0.6) is 0 Å². The molecule has 1 aromatic carbocycles. The maximum Gasteiger partial charge on any atom is 0.290 e. The van der Waals surface area contributed by atoms with Gasteiger partial charge >= 0.3 is 0 Å². The lowest BCUT2D eigenvalue weighted by atomic mass is 9.72. The van der Waals surface area contributed by atoms with Crippen LogP contribution < -0.4 is 10.6 Å². The quantitative estimate of drug-likeness (QED) is 0.717. The molecule has 2 saturated heterocycles. The number of anilines is 1. The van der Waals surface area contributed by atoms with Crippen LogP contribution >= 0.6 is 0 Å². The number of rotatable bonds is 4. The maximum absolute atomic E-state index is 14.7. The van der Waals surface area contributed by atoms with Gasteiger partial charge in [-0.2, -0.15) is 8.78 Å². The molecular weight excluding hydrogens is 424 g/mol. The zero-order valence-corrected chi connectivity index (χ0v) is 17.5. The number of hydrogen-bond donors (Lipinski definition) is 1. The molecular formula is C23H24F4N4O. The lowest BCUT2D eigenvalue weighted by molar-refractivity contribution is -0.121. The Hall–Kier alpha value is -2.26. The van der Waals surface area contributed by atoms with Crippen LogP contribution in [-0.2, 0) is 22.6 Å². The molecule has 2 N–H and O–H groups in total. The first-order valence-electron chi connectivity index (χ1n) is 11.1. The van der Waals surface area contributed by atoms with E-state index >= 15 is 0 Å². The SMILES string of the molecule is NC1(c2ccc(-c3nc(N4CCC4C4CC(F)(F)C4)nc4c3CCC4(F)F)cc2)COC1. The van der Waals surface area contributed by atoms with Crippen LogP contribution in [-0.4, -0.2) is 41.7 Å². The summed E-state index contributed by atoms with van der Waals surface area (Å²) in [6.45, 7) is 1.48. The highest BCUT2D eigenvalue weighted by Gasteiger charge is 2.53. The molecule has 6 rings (SSSR count). The summed E-state index contributed by atoms with van der Waals surface area (Å²) in [4.78, 5) is 10.8. The highest BCUT2D eigenvalue weighted by atomic mass is 19.3. The molecule has 0 bridgehead atoms. The topological polar surface area (TPSA) is 64.3 Å². The van der Waals surface area contributed by atoms with E-state index in [2.05, 4.69) is 4.98 Å². The first-order chi connectivity index (χ1) is 15.2. The second kappa shape index (κ2) is 6.63. The second-order valence-corrected chi connectivity index (χ2v) is 9.70. The lowest BCUT2D eigenvalue weighted by Gasteiger charge is -2.50. The molecule has 1 unspecified atom stereocenters. The summed E-state index contributed by atoms with van der Waals surface area (Å²) in [5, 5.41) is 0. The molecule has 9 heteroatoms. The molecule has 1 saturated carbocycles. The Bertz CT molecular complexity index is 1060. The first kappa shape index (κ1) is 20.4. The van der Waals surface area contributed by atoms with Crippen LogP contribution in [0.2, 0.25) is 0 Å². The molecule has 0 spiro atoms. The van der Waals surface area contributed by atoms with Gasteiger partial charge in [0.1, 0.15) is 5.69 Å². The van der Waals surface area contributed by atoms with Gasteiger partial charge < -0.3 is 15.4 Å². The molecule has 1 aromatic heterocycles. The van der Waals surface area contributed by atoms with Gasteiger partial charge in [-0.1, -0.05) is 24.3 Å². The summed E-state index contributed by atoms with van der Waals surface area (Å²) in [5.74, 6) is -5.56. The third-order valence-corrected chi connectivity index (χ3v) is 7.47. The number of halogens is 4. The van der Waals surface area contributed by atoms with Gasteiger partial charge in [-0.05, 0) is 24.3 Å². The van der Waals surface area contributed by atoms with Crippen LogP contribution in [0.3, 0.4) is 0 Å². The van der Waals surface area contributed by atoms with Crippen molar-refractivity contribution < 1.29 is 22.3 Å². The number of aromatic nitrogens is 2. The maximum atomic E-state index is 14.7. The molecule has 4 aliphatic rings. The summed E-state index contributed by atoms with van der Waals surface area (Å²) in [6, 6.07) is 7.37. The molecule has 3 heterocycles. The average molecular weight is 448 g/mol. The van der Waals surface area contributed by atoms with Gasteiger partial charge in [0.25, 0.3) is 5.92 Å². The van der Waals surface area contributed by atoms with Crippen LogP contribution in [0, 0.1) is 5.92 Å². The highest BCUT2D eigenvalue weighted by Crippen LogP contribution is 2.50. The summed E-state index contributed by atoms with van der Waals surface area (Å²) in [5.41, 5.74) is 8.17. The van der Waals surface area contributed by atoms with Crippen molar-refractivity contribution in [2.24, 2.45) is 11.7 Å². The smallest absolute Gasteiger partial charge is 0.290 e. The second-order valence-electron chi connectivity index (χ2n) is 9.70. The van der Waals surface area contributed by atoms with E-state index in [-0.39, 0.29) is 49.3 Å². The number of benzene rings is 1. The molecule has 2 aliphatic heterocycles. The van der Waals surface area contributed by atoms with Crippen molar-refractivity contribution in [2.45, 2.75) is 55.5 Å². The Morgan fingerprint density at radius 3 is 2.31 bits per heavy atom. The fourth-order valence-electron chi connectivity index (χ4n) is 5.35. The van der Waals surface area contributed by atoms with Gasteiger partial charge in [-0.3, -0.25) is 0 Å². The number of nitrogens with two attached hydrogens (primary N) is 1. The number of ether oxygens (including phenoxy) is 1. The van der Waals surface area contributed by atoms with Crippen molar-refractivity contribution in [3.63, 3.8) is 0 Å². The van der Waals surface area contributed by atoms with E-state index in [4.69, 9.17) is 15.5 Å². The van der Waals surface area contributed by atoms with Crippen molar-refractivity contribution in [2.75, 3.05) is 24.7 Å². The Balaban J connectivity index is 1.36. The fourth-order valence-corrected chi connectivity index (χ4v) is 5.35. The van der Waals surface area contributed by atoms with Crippen LogP contribution in [0.25, 0.3) is 11.3 Å². The number of fused-ring (bicyclic) bond motifs is 1. The zero-order chi connectivity index (χ0) is 22.3. The predicted octanol–water partition coefficient (Wildman–Crippen LogP) is 3.99. The Morgan fingerprint density at radius 1 is 1.03 bits per heavy atom. The first-order valence-corrected chi connectivity index (χ1v) is 11.1. The van der Waals surface area contributed by atoms with Gasteiger partial charge in [0.05, 0.1) is 24.4 Å². The molecule has 2 aliphatic carbocycles. The molecule has 0 amide bonds. The van der Waals surface area contributed by atoms with E-state index in [9.17, 15) is 17.6 Å². The molecule has 170 valence electrons. The van der Waals surface area contributed by atoms with Gasteiger partial charge in [0, 0.05) is 43.0 Å². The monoisotopic (exact) mass is 448 g/mol. The Labute approximate surface area is 183 Å². The van der Waals surface area contributed by atoms with E-state index in [0.29, 0.717) is 31.0 Å². The molecule has 3 fully saturated rings. The minimum Gasteiger partial charge on any atom is -0.377 e. The van der Waals surface area contributed by atoms with Gasteiger partial charge in [-0.15, -0.1) is 0 Å². The lowest BCUT2D eigenvalue weighted by Crippen LogP contribution is -2.58. The third-order valence-electron chi connectivity index (χ3n) is 7.47. The Kier molecular flexibility index (Phi) is 4.22. The largest absolute Gasteiger partial charge is 0.377 e. The minimum atomic E-state index is -3.02. The van der Waals surface area contributed by atoms with Gasteiger partial charge in [-0.25, -0.2) is 18.7 Å². The minimum absolute atomic E-state index is 0.117. The highest BCUT2D eigenvalue weighted by molar-refractivity contribution is 5.68. The van der Waals surface area contributed by atoms with Crippen molar-refractivity contribution >= 4 is 5.95 Å². The number of hydrogen-bond acceptors (Lipinski definition) is 5. The van der Waals surface area contributed by atoms with Crippen molar-refractivity contribution in [3.8, 4) is 11.3 Å². The van der Waals surface area contributed by atoms with Gasteiger partial charge in [0.15, 0.2) is 0 Å². The van der Waals surface area contributed by atoms with E-state index in [1.807, 2.05) is 29.2 Å². The number of nitrogens with zero attached hydrogens (tertiary/aromatic N) is 3. The molecule has 5 nitrogen and oxygen atoms in total. The van der Waals surface area contributed by atoms with E-state index in [0.717, 1.165) is 17.5 Å². The standard InChI is InChI=1S/C23H24F4N4O/c24-22(25)9-14(10-22)17-6-8-31(17)20-29-18(16-5-7-23(26,27)19(16)30-20)13-1-3-15(4-2-13)21(28)11-32-12-21/h1-4,14,17H,5-12,28H2. The summed E-state index contributed by atoms with van der Waals surface area (Å²) in [6.07, 6.45) is 0.338. The van der Waals surface area contributed by atoms with Crippen LogP contribution in [0.1, 0.15) is 42.5 Å². The number of alkyl halides is 4. The van der Waals surface area contributed by atoms with Crippen LogP contribution in [0.4, 0.5) is 23.5 Å². The van der Waals surface area contributed by atoms with Crippen molar-refractivity contribution in [1.29, 1.82) is 0 Å². The van der Waals surface area contributed by atoms with Crippen molar-refractivity contribution in [3.05, 3.63) is 41.1 Å². The normalized spacial score (nSPS) is 27.3. The van der Waals surface area contributed by atoms with E-state index in [1.54, 1.807) is 0 Å². The third kappa shape index (κ3) is 3.04.